The predicted molar refractivity (Wildman–Crippen MR) is 68.3 cm³/mol. The van der Waals surface area contributed by atoms with Crippen LogP contribution < -0.4 is 4.74 Å². The number of aromatic amines is 1. The lowest BCUT2D eigenvalue weighted by molar-refractivity contribution is 0.0691. The van der Waals surface area contributed by atoms with Gasteiger partial charge < -0.3 is 19.4 Å². The molecule has 92 valence electrons. The van der Waals surface area contributed by atoms with Crippen molar-refractivity contribution in [2.45, 2.75) is 0 Å². The van der Waals surface area contributed by atoms with E-state index >= 15 is 0 Å². The van der Waals surface area contributed by atoms with E-state index in [0.29, 0.717) is 0 Å². The number of aryl methyl sites for hydroxylation is 1. The van der Waals surface area contributed by atoms with Gasteiger partial charge in [-0.1, -0.05) is 0 Å². The van der Waals surface area contributed by atoms with Crippen molar-refractivity contribution in [2.75, 3.05) is 7.11 Å². The second kappa shape index (κ2) is 3.53. The van der Waals surface area contributed by atoms with Gasteiger partial charge in [-0.2, -0.15) is 0 Å². The number of aromatic nitrogens is 2. The topological polar surface area (TPSA) is 67.2 Å². The van der Waals surface area contributed by atoms with Crippen molar-refractivity contribution in [3.8, 4) is 5.75 Å². The number of rotatable bonds is 2. The number of methoxy groups -OCH3 is 1. The van der Waals surface area contributed by atoms with Gasteiger partial charge >= 0.3 is 5.97 Å². The summed E-state index contributed by atoms with van der Waals surface area (Å²) in [5.41, 5.74) is 2.92. The highest BCUT2D eigenvalue weighted by Crippen LogP contribution is 2.30. The number of carbonyl (C=O) groups is 1. The van der Waals surface area contributed by atoms with E-state index in [9.17, 15) is 4.79 Å². The lowest BCUT2D eigenvalue weighted by atomic mass is 10.2. The first-order chi connectivity index (χ1) is 8.61. The molecule has 3 aromatic rings. The fourth-order valence-corrected chi connectivity index (χ4v) is 2.29. The monoisotopic (exact) mass is 244 g/mol. The summed E-state index contributed by atoms with van der Waals surface area (Å²) in [5, 5.41) is 9.96. The number of fused-ring (bicyclic) bond motifs is 3. The fraction of sp³-hybridized carbons (Fsp3) is 0.154. The summed E-state index contributed by atoms with van der Waals surface area (Å²) in [4.78, 5) is 13.9. The lowest BCUT2D eigenvalue weighted by Crippen LogP contribution is -1.95. The zero-order chi connectivity index (χ0) is 12.9. The summed E-state index contributed by atoms with van der Waals surface area (Å²) >= 11 is 0. The molecule has 2 N–H and O–H groups in total. The summed E-state index contributed by atoms with van der Waals surface area (Å²) in [5.74, 6) is -0.205. The number of H-pyrrole nitrogens is 1. The minimum Gasteiger partial charge on any atom is -0.497 e. The fourth-order valence-electron chi connectivity index (χ4n) is 2.29. The highest BCUT2D eigenvalue weighted by atomic mass is 16.5. The average Bonchev–Trinajstić information content (AvgIpc) is 2.90. The third-order valence-corrected chi connectivity index (χ3v) is 3.22. The van der Waals surface area contributed by atoms with Gasteiger partial charge in [0.1, 0.15) is 11.4 Å². The number of hydrogen-bond acceptors (Lipinski definition) is 2. The zero-order valence-electron chi connectivity index (χ0n) is 10.0. The van der Waals surface area contributed by atoms with E-state index in [4.69, 9.17) is 9.84 Å². The molecule has 1 aromatic carbocycles. The molecule has 0 radical (unpaired) electrons. The molecule has 0 aliphatic rings. The maximum Gasteiger partial charge on any atom is 0.352 e. The largest absolute Gasteiger partial charge is 0.497 e. The first-order valence-corrected chi connectivity index (χ1v) is 5.50. The molecule has 2 heterocycles. The molecule has 18 heavy (non-hydrogen) atoms. The van der Waals surface area contributed by atoms with E-state index in [2.05, 4.69) is 4.98 Å². The van der Waals surface area contributed by atoms with Crippen LogP contribution in [0.2, 0.25) is 0 Å². The Hall–Kier alpha value is -2.43. The van der Waals surface area contributed by atoms with Gasteiger partial charge in [0.25, 0.3) is 0 Å². The van der Waals surface area contributed by atoms with Crippen LogP contribution in [0.5, 0.6) is 5.75 Å². The van der Waals surface area contributed by atoms with Crippen LogP contribution in [0.4, 0.5) is 0 Å². The quantitative estimate of drug-likeness (QED) is 0.727. The minimum atomic E-state index is -0.956. The molecule has 0 unspecified atom stereocenters. The standard InChI is InChI=1S/C13H12N2O3/c1-15-10-4-3-7(18-2)5-8(10)12-11(15)6-9(14-12)13(16)17/h3-6,14H,1-2H3,(H,16,17). The van der Waals surface area contributed by atoms with Gasteiger partial charge in [0.15, 0.2) is 0 Å². The highest BCUT2D eigenvalue weighted by molar-refractivity contribution is 6.09. The Morgan fingerprint density at radius 1 is 1.33 bits per heavy atom. The molecule has 0 fully saturated rings. The molecule has 5 nitrogen and oxygen atoms in total. The van der Waals surface area contributed by atoms with Crippen molar-refractivity contribution in [3.63, 3.8) is 0 Å². The van der Waals surface area contributed by atoms with E-state index < -0.39 is 5.97 Å². The molecular formula is C13H12N2O3. The zero-order valence-corrected chi connectivity index (χ0v) is 10.0. The van der Waals surface area contributed by atoms with Gasteiger partial charge in [0.2, 0.25) is 0 Å². The Bertz CT molecular complexity index is 767. The number of carboxylic acids is 1. The van der Waals surface area contributed by atoms with Crippen molar-refractivity contribution >= 4 is 27.9 Å². The van der Waals surface area contributed by atoms with Crippen molar-refractivity contribution in [1.82, 2.24) is 9.55 Å². The van der Waals surface area contributed by atoms with Crippen molar-refractivity contribution in [1.29, 1.82) is 0 Å². The predicted octanol–water partition coefficient (Wildman–Crippen LogP) is 2.37. The molecule has 2 aromatic heterocycles. The van der Waals surface area contributed by atoms with Gasteiger partial charge in [0.05, 0.1) is 23.7 Å². The van der Waals surface area contributed by atoms with E-state index in [0.717, 1.165) is 27.7 Å². The van der Waals surface area contributed by atoms with Crippen LogP contribution in [0, 0.1) is 0 Å². The van der Waals surface area contributed by atoms with Gasteiger partial charge in [-0.05, 0) is 24.3 Å². The number of carboxylic acid groups (broad SMARTS) is 1. The van der Waals surface area contributed by atoms with E-state index in [1.54, 1.807) is 13.2 Å². The molecule has 5 heteroatoms. The SMILES string of the molecule is COc1ccc2c(c1)c1[nH]c(C(=O)O)cc1n2C. The van der Waals surface area contributed by atoms with E-state index in [1.165, 1.54) is 0 Å². The molecule has 3 rings (SSSR count). The lowest BCUT2D eigenvalue weighted by Gasteiger charge is -2.01. The number of aromatic carboxylic acids is 1. The normalized spacial score (nSPS) is 11.2. The van der Waals surface area contributed by atoms with Crippen molar-refractivity contribution < 1.29 is 14.6 Å². The smallest absolute Gasteiger partial charge is 0.352 e. The second-order valence-corrected chi connectivity index (χ2v) is 4.19. The Balaban J connectivity index is 2.41. The molecule has 0 aliphatic carbocycles. The Kier molecular flexibility index (Phi) is 2.10. The average molecular weight is 244 g/mol. The number of ether oxygens (including phenoxy) is 1. The molecule has 0 saturated carbocycles. The molecular weight excluding hydrogens is 232 g/mol. The molecule has 0 atom stereocenters. The maximum absolute atomic E-state index is 11.0. The first-order valence-electron chi connectivity index (χ1n) is 5.50. The summed E-state index contributed by atoms with van der Waals surface area (Å²) in [6.07, 6.45) is 0. The van der Waals surface area contributed by atoms with Crippen molar-refractivity contribution in [2.24, 2.45) is 7.05 Å². The van der Waals surface area contributed by atoms with Crippen LogP contribution >= 0.6 is 0 Å². The summed E-state index contributed by atoms with van der Waals surface area (Å²) in [7, 11) is 3.52. The number of nitrogens with one attached hydrogen (secondary N) is 1. The van der Waals surface area contributed by atoms with Gasteiger partial charge in [0, 0.05) is 12.4 Å². The van der Waals surface area contributed by atoms with E-state index in [-0.39, 0.29) is 5.69 Å². The number of benzene rings is 1. The van der Waals surface area contributed by atoms with Crippen LogP contribution in [-0.4, -0.2) is 27.7 Å². The summed E-state index contributed by atoms with van der Waals surface area (Å²) in [6.45, 7) is 0. The Morgan fingerprint density at radius 3 is 2.78 bits per heavy atom. The van der Waals surface area contributed by atoms with Crippen LogP contribution in [0.25, 0.3) is 21.9 Å². The summed E-state index contributed by atoms with van der Waals surface area (Å²) < 4.78 is 7.16. The van der Waals surface area contributed by atoms with Crippen LogP contribution in [-0.2, 0) is 7.05 Å². The maximum atomic E-state index is 11.0. The first kappa shape index (κ1) is 10.7. The van der Waals surface area contributed by atoms with Crippen molar-refractivity contribution in [3.05, 3.63) is 30.0 Å². The molecule has 0 bridgehead atoms. The van der Waals surface area contributed by atoms with Gasteiger partial charge in [-0.15, -0.1) is 0 Å². The third kappa shape index (κ3) is 1.30. The van der Waals surface area contributed by atoms with Gasteiger partial charge in [-0.25, -0.2) is 4.79 Å². The Morgan fingerprint density at radius 2 is 2.11 bits per heavy atom. The van der Waals surface area contributed by atoms with Crippen LogP contribution in [0.3, 0.4) is 0 Å². The number of nitrogens with zero attached hydrogens (tertiary/aromatic N) is 1. The molecule has 0 spiro atoms. The third-order valence-electron chi connectivity index (χ3n) is 3.22. The molecule has 0 aliphatic heterocycles. The van der Waals surface area contributed by atoms with Crippen LogP contribution in [0.1, 0.15) is 10.5 Å². The van der Waals surface area contributed by atoms with Gasteiger partial charge in [-0.3, -0.25) is 0 Å². The molecule has 0 saturated heterocycles. The second-order valence-electron chi connectivity index (χ2n) is 4.19. The minimum absolute atomic E-state index is 0.195. The number of hydrogen-bond donors (Lipinski definition) is 2. The highest BCUT2D eigenvalue weighted by Gasteiger charge is 2.14. The van der Waals surface area contributed by atoms with Crippen LogP contribution in [0.15, 0.2) is 24.3 Å². The van der Waals surface area contributed by atoms with E-state index in [1.807, 2.05) is 29.8 Å². The molecule has 0 amide bonds. The summed E-state index contributed by atoms with van der Waals surface area (Å²) in [6, 6.07) is 7.39. The Labute approximate surface area is 103 Å².